The molecule has 0 aliphatic rings. The van der Waals surface area contributed by atoms with Gasteiger partial charge in [-0.05, 0) is 31.2 Å². The van der Waals surface area contributed by atoms with Crippen molar-refractivity contribution < 1.29 is 4.42 Å². The summed E-state index contributed by atoms with van der Waals surface area (Å²) in [5, 5.41) is 4.22. The van der Waals surface area contributed by atoms with E-state index in [0.717, 1.165) is 29.0 Å². The number of hydrogen-bond acceptors (Lipinski definition) is 5. The highest BCUT2D eigenvalue weighted by Gasteiger charge is 2.12. The summed E-state index contributed by atoms with van der Waals surface area (Å²) in [7, 11) is 2.01. The molecule has 0 aliphatic heterocycles. The number of hydrogen-bond donors (Lipinski definition) is 1. The molecule has 0 unspecified atom stereocenters. The zero-order chi connectivity index (χ0) is 14.7. The summed E-state index contributed by atoms with van der Waals surface area (Å²) in [5.41, 5.74) is 0.935. The van der Waals surface area contributed by atoms with Crippen molar-refractivity contribution in [2.45, 2.75) is 13.5 Å². The van der Waals surface area contributed by atoms with Crippen LogP contribution in [-0.4, -0.2) is 23.6 Å². The van der Waals surface area contributed by atoms with E-state index in [-0.39, 0.29) is 0 Å². The third kappa shape index (κ3) is 2.81. The summed E-state index contributed by atoms with van der Waals surface area (Å²) in [6, 6.07) is 11.9. The zero-order valence-electron chi connectivity index (χ0n) is 12.2. The number of fused-ring (bicyclic) bond motifs is 1. The van der Waals surface area contributed by atoms with Crippen LogP contribution in [0.4, 0.5) is 11.8 Å². The molecule has 21 heavy (non-hydrogen) atoms. The molecule has 0 saturated heterocycles. The average Bonchev–Trinajstić information content (AvgIpc) is 2.99. The Balaban J connectivity index is 2.02. The summed E-state index contributed by atoms with van der Waals surface area (Å²) >= 11 is 0. The van der Waals surface area contributed by atoms with Crippen LogP contribution < -0.4 is 10.2 Å². The number of para-hydroxylation sites is 1. The molecular formula is C16H18N4O. The molecule has 0 fully saturated rings. The number of furan rings is 1. The molecule has 1 aromatic carbocycles. The van der Waals surface area contributed by atoms with Crippen molar-refractivity contribution in [2.75, 3.05) is 23.8 Å². The fourth-order valence-corrected chi connectivity index (χ4v) is 2.30. The van der Waals surface area contributed by atoms with Crippen LogP contribution in [0.25, 0.3) is 10.9 Å². The second kappa shape index (κ2) is 5.83. The monoisotopic (exact) mass is 282 g/mol. The van der Waals surface area contributed by atoms with Gasteiger partial charge in [0.15, 0.2) is 0 Å². The topological polar surface area (TPSA) is 54.2 Å². The summed E-state index contributed by atoms with van der Waals surface area (Å²) in [5.74, 6) is 2.45. The first-order valence-corrected chi connectivity index (χ1v) is 7.02. The average molecular weight is 282 g/mol. The fourth-order valence-electron chi connectivity index (χ4n) is 2.30. The maximum atomic E-state index is 5.41. The molecule has 0 amide bonds. The molecule has 1 N–H and O–H groups in total. The predicted molar refractivity (Wildman–Crippen MR) is 84.5 cm³/mol. The number of anilines is 2. The first kappa shape index (κ1) is 13.4. The van der Waals surface area contributed by atoms with Gasteiger partial charge >= 0.3 is 0 Å². The number of benzene rings is 1. The molecule has 3 rings (SSSR count). The van der Waals surface area contributed by atoms with Gasteiger partial charge in [0.2, 0.25) is 5.95 Å². The quantitative estimate of drug-likeness (QED) is 0.778. The van der Waals surface area contributed by atoms with E-state index in [1.54, 1.807) is 6.26 Å². The van der Waals surface area contributed by atoms with Crippen LogP contribution in [0.5, 0.6) is 0 Å². The van der Waals surface area contributed by atoms with Gasteiger partial charge in [-0.3, -0.25) is 0 Å². The molecular weight excluding hydrogens is 264 g/mol. The van der Waals surface area contributed by atoms with Gasteiger partial charge in [-0.25, -0.2) is 4.98 Å². The van der Waals surface area contributed by atoms with Gasteiger partial charge < -0.3 is 14.6 Å². The van der Waals surface area contributed by atoms with Gasteiger partial charge in [-0.1, -0.05) is 12.1 Å². The van der Waals surface area contributed by atoms with Crippen molar-refractivity contribution in [3.05, 3.63) is 48.4 Å². The maximum absolute atomic E-state index is 5.41. The summed E-state index contributed by atoms with van der Waals surface area (Å²) in [6.45, 7) is 3.49. The van der Waals surface area contributed by atoms with Crippen molar-refractivity contribution in [1.82, 2.24) is 9.97 Å². The summed E-state index contributed by atoms with van der Waals surface area (Å²) < 4.78 is 5.41. The van der Waals surface area contributed by atoms with Gasteiger partial charge in [-0.15, -0.1) is 0 Å². The van der Waals surface area contributed by atoms with Crippen LogP contribution in [0.3, 0.4) is 0 Å². The van der Waals surface area contributed by atoms with Gasteiger partial charge in [-0.2, -0.15) is 4.98 Å². The standard InChI is InChI=1S/C16H18N4O/c1-3-17-16-18-14-9-5-4-8-13(14)15(19-16)20(2)11-12-7-6-10-21-12/h4-10H,3,11H2,1-2H3,(H,17,18,19). The van der Waals surface area contributed by atoms with Crippen molar-refractivity contribution in [3.63, 3.8) is 0 Å². The molecule has 5 heteroatoms. The molecule has 0 saturated carbocycles. The SMILES string of the molecule is CCNc1nc(N(C)Cc2ccco2)c2ccccc2n1. The second-order valence-electron chi connectivity index (χ2n) is 4.85. The fraction of sp³-hybridized carbons (Fsp3) is 0.250. The van der Waals surface area contributed by atoms with E-state index in [1.165, 1.54) is 0 Å². The minimum atomic E-state index is 0.650. The van der Waals surface area contributed by atoms with E-state index >= 15 is 0 Å². The van der Waals surface area contributed by atoms with Gasteiger partial charge in [0.25, 0.3) is 0 Å². The lowest BCUT2D eigenvalue weighted by Crippen LogP contribution is -2.19. The predicted octanol–water partition coefficient (Wildman–Crippen LogP) is 3.29. The second-order valence-corrected chi connectivity index (χ2v) is 4.85. The lowest BCUT2D eigenvalue weighted by atomic mass is 10.2. The molecule has 108 valence electrons. The minimum Gasteiger partial charge on any atom is -0.467 e. The smallest absolute Gasteiger partial charge is 0.225 e. The maximum Gasteiger partial charge on any atom is 0.225 e. The first-order chi connectivity index (χ1) is 10.3. The van der Waals surface area contributed by atoms with Crippen LogP contribution in [0.1, 0.15) is 12.7 Å². The molecule has 2 aromatic heterocycles. The zero-order valence-corrected chi connectivity index (χ0v) is 12.2. The van der Waals surface area contributed by atoms with Gasteiger partial charge in [0.05, 0.1) is 18.3 Å². The van der Waals surface area contributed by atoms with Gasteiger partial charge in [0, 0.05) is 19.0 Å². The Hall–Kier alpha value is -2.56. The van der Waals surface area contributed by atoms with E-state index in [4.69, 9.17) is 4.42 Å². The number of nitrogens with zero attached hydrogens (tertiary/aromatic N) is 3. The van der Waals surface area contributed by atoms with Gasteiger partial charge in [0.1, 0.15) is 11.6 Å². The molecule has 3 aromatic rings. The van der Waals surface area contributed by atoms with Crippen LogP contribution >= 0.6 is 0 Å². The first-order valence-electron chi connectivity index (χ1n) is 7.02. The lowest BCUT2D eigenvalue weighted by Gasteiger charge is -2.19. The molecule has 0 bridgehead atoms. The van der Waals surface area contributed by atoms with E-state index in [9.17, 15) is 0 Å². The summed E-state index contributed by atoms with van der Waals surface area (Å²) in [4.78, 5) is 11.2. The van der Waals surface area contributed by atoms with E-state index < -0.39 is 0 Å². The molecule has 2 heterocycles. The van der Waals surface area contributed by atoms with Crippen molar-refractivity contribution >= 4 is 22.7 Å². The Labute approximate surface area is 123 Å². The van der Waals surface area contributed by atoms with E-state index in [1.807, 2.05) is 50.4 Å². The van der Waals surface area contributed by atoms with Crippen LogP contribution in [0.15, 0.2) is 47.1 Å². The number of rotatable bonds is 5. The Morgan fingerprint density at radius 1 is 1.14 bits per heavy atom. The normalized spacial score (nSPS) is 10.8. The molecule has 0 radical (unpaired) electrons. The molecule has 5 nitrogen and oxygen atoms in total. The van der Waals surface area contributed by atoms with Crippen LogP contribution in [-0.2, 0) is 6.54 Å². The van der Waals surface area contributed by atoms with Crippen molar-refractivity contribution in [1.29, 1.82) is 0 Å². The van der Waals surface area contributed by atoms with Crippen molar-refractivity contribution in [2.24, 2.45) is 0 Å². The Morgan fingerprint density at radius 2 is 2.00 bits per heavy atom. The van der Waals surface area contributed by atoms with Crippen LogP contribution in [0.2, 0.25) is 0 Å². The Morgan fingerprint density at radius 3 is 2.76 bits per heavy atom. The largest absolute Gasteiger partial charge is 0.467 e. The third-order valence-electron chi connectivity index (χ3n) is 3.25. The molecule has 0 atom stereocenters. The van der Waals surface area contributed by atoms with Crippen LogP contribution in [0, 0.1) is 0 Å². The van der Waals surface area contributed by atoms with Crippen molar-refractivity contribution in [3.8, 4) is 0 Å². The van der Waals surface area contributed by atoms with E-state index in [0.29, 0.717) is 12.5 Å². The number of nitrogens with one attached hydrogen (secondary N) is 1. The minimum absolute atomic E-state index is 0.650. The highest BCUT2D eigenvalue weighted by molar-refractivity contribution is 5.90. The Bertz CT molecular complexity index is 724. The molecule has 0 aliphatic carbocycles. The third-order valence-corrected chi connectivity index (χ3v) is 3.25. The number of aromatic nitrogens is 2. The lowest BCUT2D eigenvalue weighted by molar-refractivity contribution is 0.507. The highest BCUT2D eigenvalue weighted by Crippen LogP contribution is 2.25. The van der Waals surface area contributed by atoms with E-state index in [2.05, 4.69) is 20.2 Å². The Kier molecular flexibility index (Phi) is 3.73. The molecule has 0 spiro atoms. The highest BCUT2D eigenvalue weighted by atomic mass is 16.3. The summed E-state index contributed by atoms with van der Waals surface area (Å²) in [6.07, 6.45) is 1.69.